The highest BCUT2D eigenvalue weighted by Gasteiger charge is 2.19. The molecule has 0 aliphatic rings. The summed E-state index contributed by atoms with van der Waals surface area (Å²) < 4.78 is 5.14. The third-order valence-corrected chi connectivity index (χ3v) is 3.16. The molecule has 17 heavy (non-hydrogen) atoms. The summed E-state index contributed by atoms with van der Waals surface area (Å²) >= 11 is 0. The van der Waals surface area contributed by atoms with Crippen LogP contribution in [0.25, 0.3) is 0 Å². The SMILES string of the molecule is COc1ccc([C@H](C)[C@H](C)c2nn[nH]n2)cc1. The average Bonchev–Trinajstić information content (AvgIpc) is 2.91. The fraction of sp³-hybridized carbons (Fsp3) is 0.417. The number of H-pyrrole nitrogens is 1. The van der Waals surface area contributed by atoms with Gasteiger partial charge in [0.1, 0.15) is 5.75 Å². The summed E-state index contributed by atoms with van der Waals surface area (Å²) in [5.41, 5.74) is 1.24. The quantitative estimate of drug-likeness (QED) is 0.877. The van der Waals surface area contributed by atoms with Crippen molar-refractivity contribution in [3.8, 4) is 5.75 Å². The lowest BCUT2D eigenvalue weighted by molar-refractivity contribution is 0.414. The Balaban J connectivity index is 2.16. The molecule has 1 N–H and O–H groups in total. The van der Waals surface area contributed by atoms with Gasteiger partial charge >= 0.3 is 0 Å². The van der Waals surface area contributed by atoms with Crippen LogP contribution < -0.4 is 4.74 Å². The normalized spacial score (nSPS) is 14.3. The molecule has 0 aliphatic carbocycles. The highest BCUT2D eigenvalue weighted by molar-refractivity contribution is 5.30. The van der Waals surface area contributed by atoms with E-state index in [9.17, 15) is 0 Å². The first-order chi connectivity index (χ1) is 8.22. The Hall–Kier alpha value is -1.91. The van der Waals surface area contributed by atoms with Gasteiger partial charge in [0.25, 0.3) is 0 Å². The van der Waals surface area contributed by atoms with Gasteiger partial charge in [-0.3, -0.25) is 0 Å². The van der Waals surface area contributed by atoms with E-state index in [4.69, 9.17) is 4.74 Å². The number of benzene rings is 1. The van der Waals surface area contributed by atoms with Crippen molar-refractivity contribution < 1.29 is 4.74 Å². The predicted molar refractivity (Wildman–Crippen MR) is 64.0 cm³/mol. The predicted octanol–water partition coefficient (Wildman–Crippen LogP) is 2.12. The maximum Gasteiger partial charge on any atom is 0.177 e. The molecule has 0 fully saturated rings. The minimum atomic E-state index is 0.224. The number of hydrogen-bond acceptors (Lipinski definition) is 4. The van der Waals surface area contributed by atoms with Crippen LogP contribution in [0.2, 0.25) is 0 Å². The second-order valence-electron chi connectivity index (χ2n) is 4.12. The van der Waals surface area contributed by atoms with Crippen molar-refractivity contribution >= 4 is 0 Å². The molecule has 0 saturated carbocycles. The Labute approximate surface area is 100 Å². The van der Waals surface area contributed by atoms with Gasteiger partial charge in [-0.05, 0) is 23.6 Å². The van der Waals surface area contributed by atoms with Gasteiger partial charge in [-0.2, -0.15) is 5.21 Å². The number of ether oxygens (including phenoxy) is 1. The molecule has 2 atom stereocenters. The summed E-state index contributed by atoms with van der Waals surface area (Å²) in [7, 11) is 1.67. The third kappa shape index (κ3) is 2.43. The summed E-state index contributed by atoms with van der Waals surface area (Å²) in [6, 6.07) is 8.07. The summed E-state index contributed by atoms with van der Waals surface area (Å²) in [4.78, 5) is 0. The van der Waals surface area contributed by atoms with Crippen molar-refractivity contribution in [2.45, 2.75) is 25.7 Å². The highest BCUT2D eigenvalue weighted by atomic mass is 16.5. The van der Waals surface area contributed by atoms with Gasteiger partial charge in [-0.25, -0.2) is 0 Å². The number of hydrogen-bond donors (Lipinski definition) is 1. The van der Waals surface area contributed by atoms with Crippen molar-refractivity contribution in [2.24, 2.45) is 0 Å². The highest BCUT2D eigenvalue weighted by Crippen LogP contribution is 2.30. The molecule has 0 radical (unpaired) electrons. The van der Waals surface area contributed by atoms with Crippen LogP contribution in [0.5, 0.6) is 5.75 Å². The van der Waals surface area contributed by atoms with Gasteiger partial charge in [-0.1, -0.05) is 31.2 Å². The molecule has 0 unspecified atom stereocenters. The van der Waals surface area contributed by atoms with E-state index in [-0.39, 0.29) is 5.92 Å². The molecule has 0 aliphatic heterocycles. The number of aromatic amines is 1. The molecule has 5 heteroatoms. The van der Waals surface area contributed by atoms with Crippen LogP contribution in [0.4, 0.5) is 0 Å². The van der Waals surface area contributed by atoms with Gasteiger partial charge in [0.2, 0.25) is 0 Å². The van der Waals surface area contributed by atoms with Crippen LogP contribution in [-0.4, -0.2) is 27.7 Å². The maximum atomic E-state index is 5.14. The molecule has 1 aromatic carbocycles. The largest absolute Gasteiger partial charge is 0.497 e. The zero-order valence-corrected chi connectivity index (χ0v) is 10.2. The van der Waals surface area contributed by atoms with Crippen LogP contribution in [-0.2, 0) is 0 Å². The number of tetrazole rings is 1. The van der Waals surface area contributed by atoms with Crippen LogP contribution in [0.15, 0.2) is 24.3 Å². The lowest BCUT2D eigenvalue weighted by Crippen LogP contribution is -2.06. The minimum absolute atomic E-state index is 0.224. The van der Waals surface area contributed by atoms with Gasteiger partial charge < -0.3 is 4.74 Å². The molecule has 0 saturated heterocycles. The number of methoxy groups -OCH3 is 1. The molecule has 5 nitrogen and oxygen atoms in total. The maximum absolute atomic E-state index is 5.14. The number of rotatable bonds is 4. The third-order valence-electron chi connectivity index (χ3n) is 3.16. The Morgan fingerprint density at radius 2 is 1.82 bits per heavy atom. The van der Waals surface area contributed by atoms with Crippen molar-refractivity contribution in [1.29, 1.82) is 0 Å². The first kappa shape index (κ1) is 11.6. The molecule has 1 aromatic heterocycles. The van der Waals surface area contributed by atoms with E-state index in [2.05, 4.69) is 46.6 Å². The summed E-state index contributed by atoms with van der Waals surface area (Å²) in [6.45, 7) is 4.25. The summed E-state index contributed by atoms with van der Waals surface area (Å²) in [5.74, 6) is 2.17. The van der Waals surface area contributed by atoms with Crippen LogP contribution in [0, 0.1) is 0 Å². The fourth-order valence-electron chi connectivity index (χ4n) is 1.78. The first-order valence-corrected chi connectivity index (χ1v) is 5.59. The van der Waals surface area contributed by atoms with E-state index in [0.29, 0.717) is 5.92 Å². The van der Waals surface area contributed by atoms with E-state index < -0.39 is 0 Å². The van der Waals surface area contributed by atoms with Crippen molar-refractivity contribution in [3.05, 3.63) is 35.7 Å². The second kappa shape index (κ2) is 4.95. The van der Waals surface area contributed by atoms with Crippen LogP contribution in [0.1, 0.15) is 37.1 Å². The summed E-state index contributed by atoms with van der Waals surface area (Å²) in [6.07, 6.45) is 0. The Kier molecular flexibility index (Phi) is 3.37. The molecular formula is C12H16N4O. The van der Waals surface area contributed by atoms with Gasteiger partial charge in [-0.15, -0.1) is 10.2 Å². The lowest BCUT2D eigenvalue weighted by Gasteiger charge is -2.17. The van der Waals surface area contributed by atoms with E-state index in [0.717, 1.165) is 11.6 Å². The Bertz CT molecular complexity index is 452. The van der Waals surface area contributed by atoms with Crippen LogP contribution >= 0.6 is 0 Å². The van der Waals surface area contributed by atoms with Crippen LogP contribution in [0.3, 0.4) is 0 Å². The minimum Gasteiger partial charge on any atom is -0.497 e. The van der Waals surface area contributed by atoms with E-state index in [1.807, 2.05) is 12.1 Å². The molecule has 2 rings (SSSR count). The van der Waals surface area contributed by atoms with Gasteiger partial charge in [0.05, 0.1) is 7.11 Å². The van der Waals surface area contributed by atoms with Gasteiger partial charge in [0.15, 0.2) is 5.82 Å². The second-order valence-corrected chi connectivity index (χ2v) is 4.12. The van der Waals surface area contributed by atoms with Crippen molar-refractivity contribution in [3.63, 3.8) is 0 Å². The lowest BCUT2D eigenvalue weighted by atomic mass is 9.88. The monoisotopic (exact) mass is 232 g/mol. The van der Waals surface area contributed by atoms with E-state index in [1.54, 1.807) is 7.11 Å². The molecule has 0 bridgehead atoms. The van der Waals surface area contributed by atoms with Crippen molar-refractivity contribution in [2.75, 3.05) is 7.11 Å². The standard InChI is InChI=1S/C12H16N4O/c1-8(9(2)12-13-15-16-14-12)10-4-6-11(17-3)7-5-10/h4-9H,1-3H3,(H,13,14,15,16)/t8-,9+/m1/s1. The zero-order valence-electron chi connectivity index (χ0n) is 10.2. The topological polar surface area (TPSA) is 63.7 Å². The zero-order chi connectivity index (χ0) is 12.3. The smallest absolute Gasteiger partial charge is 0.177 e. The van der Waals surface area contributed by atoms with E-state index >= 15 is 0 Å². The Morgan fingerprint density at radius 3 is 2.35 bits per heavy atom. The number of aromatic nitrogens is 4. The Morgan fingerprint density at radius 1 is 1.12 bits per heavy atom. The molecule has 2 aromatic rings. The molecule has 0 spiro atoms. The summed E-state index contributed by atoms with van der Waals surface area (Å²) in [5, 5.41) is 14.1. The average molecular weight is 232 g/mol. The first-order valence-electron chi connectivity index (χ1n) is 5.59. The number of nitrogens with zero attached hydrogens (tertiary/aromatic N) is 3. The fourth-order valence-corrected chi connectivity index (χ4v) is 1.78. The molecule has 90 valence electrons. The van der Waals surface area contributed by atoms with Gasteiger partial charge in [0, 0.05) is 5.92 Å². The van der Waals surface area contributed by atoms with Crippen molar-refractivity contribution in [1.82, 2.24) is 20.6 Å². The molecule has 0 amide bonds. The number of nitrogens with one attached hydrogen (secondary N) is 1. The molecule has 1 heterocycles. The van der Waals surface area contributed by atoms with E-state index in [1.165, 1.54) is 5.56 Å². The molecular weight excluding hydrogens is 216 g/mol.